The summed E-state index contributed by atoms with van der Waals surface area (Å²) in [4.78, 5) is 5.30. The molecule has 0 spiro atoms. The van der Waals surface area contributed by atoms with Gasteiger partial charge in [0.2, 0.25) is 0 Å². The molecule has 50 heavy (non-hydrogen) atoms. The van der Waals surface area contributed by atoms with E-state index in [4.69, 9.17) is 4.99 Å². The van der Waals surface area contributed by atoms with Crippen molar-refractivity contribution in [3.8, 4) is 11.4 Å². The molecule has 0 radical (unpaired) electrons. The number of rotatable bonds is 5. The number of halogens is 1. The van der Waals surface area contributed by atoms with Crippen LogP contribution in [-0.4, -0.2) is 18.5 Å². The molecule has 3 nitrogen and oxygen atoms in total. The predicted molar refractivity (Wildman–Crippen MR) is 221 cm³/mol. The van der Waals surface area contributed by atoms with Crippen LogP contribution >= 0.6 is 20.7 Å². The van der Waals surface area contributed by atoms with Crippen molar-refractivity contribution in [3.05, 3.63) is 199 Å². The van der Waals surface area contributed by atoms with Crippen LogP contribution in [0.5, 0.6) is 0 Å². The average molecular weight is 752 g/mol. The zero-order chi connectivity index (χ0) is 33.0. The van der Waals surface area contributed by atoms with Crippen molar-refractivity contribution < 1.29 is 0 Å². The molecule has 2 aromatic heterocycles. The third-order valence-corrected chi connectivity index (χ3v) is 12.5. The van der Waals surface area contributed by atoms with E-state index in [1.807, 2.05) is 0 Å². The summed E-state index contributed by atoms with van der Waals surface area (Å²) < 4.78 is 7.42. The van der Waals surface area contributed by atoms with Crippen LogP contribution in [-0.2, 0) is 0 Å². The number of hydrogen-bond donors (Lipinski definition) is 0. The minimum absolute atomic E-state index is 0.605. The standard InChI is InChI=1S/C46H30IN3/c1-3-15-31(16-4-1)41-30-40(47-46(48-41)32-17-5-2-6-18-32)33-27-34(49-42-23-11-7-19-36(42)37-20-8-12-24-43(37)49)29-35(28-33)50-44-25-13-9-21-38(44)39-22-10-14-26-45(39)50/h1-30H. The second-order valence-electron chi connectivity index (χ2n) is 12.6. The molecule has 0 aliphatic carbocycles. The first kappa shape index (κ1) is 29.1. The van der Waals surface area contributed by atoms with Crippen LogP contribution < -0.4 is 0 Å². The molecule has 7 aromatic carbocycles. The first-order valence-corrected chi connectivity index (χ1v) is 19.0. The van der Waals surface area contributed by atoms with E-state index in [0.717, 1.165) is 22.6 Å². The van der Waals surface area contributed by atoms with Crippen LogP contribution in [0.3, 0.4) is 0 Å². The van der Waals surface area contributed by atoms with Crippen LogP contribution in [0.2, 0.25) is 0 Å². The highest BCUT2D eigenvalue weighted by molar-refractivity contribution is 14.2. The minimum atomic E-state index is -0.605. The lowest BCUT2D eigenvalue weighted by Gasteiger charge is -2.18. The number of aromatic nitrogens is 2. The topological polar surface area (TPSA) is 22.2 Å². The normalized spacial score (nSPS) is 13.3. The van der Waals surface area contributed by atoms with E-state index in [0.29, 0.717) is 0 Å². The Labute approximate surface area is 299 Å². The molecule has 1 aliphatic heterocycles. The van der Waals surface area contributed by atoms with E-state index >= 15 is 0 Å². The van der Waals surface area contributed by atoms with Crippen molar-refractivity contribution in [2.45, 2.75) is 0 Å². The number of nitrogens with zero attached hydrogens (tertiary/aromatic N) is 3. The van der Waals surface area contributed by atoms with Crippen molar-refractivity contribution in [2.75, 3.05) is 0 Å². The molecule has 1 aliphatic rings. The molecule has 0 atom stereocenters. The van der Waals surface area contributed by atoms with Gasteiger partial charge in [-0.1, -0.05) is 154 Å². The lowest BCUT2D eigenvalue weighted by Crippen LogP contribution is -2.07. The van der Waals surface area contributed by atoms with Gasteiger partial charge >= 0.3 is 0 Å². The second kappa shape index (κ2) is 11.9. The SMILES string of the molecule is C1=C(c2cc(-n3c4ccccc4c4ccccc43)cc(-n3c4ccccc4c4ccccc43)c2)I=C(c2ccccc2)N=C1c1ccccc1. The molecular formula is C46H30IN3. The summed E-state index contributed by atoms with van der Waals surface area (Å²) in [6.45, 7) is 0. The van der Waals surface area contributed by atoms with Crippen molar-refractivity contribution in [1.29, 1.82) is 0 Å². The van der Waals surface area contributed by atoms with Crippen LogP contribution in [0, 0.1) is 0 Å². The number of benzene rings is 7. The molecule has 10 rings (SSSR count). The van der Waals surface area contributed by atoms with Gasteiger partial charge in [0.05, 0.1) is 27.8 Å². The Hall–Kier alpha value is -5.85. The number of allylic oxidation sites excluding steroid dienone is 1. The molecule has 3 heterocycles. The fourth-order valence-corrected chi connectivity index (χ4v) is 10.1. The number of aliphatic imine (C=N–C) groups is 1. The highest BCUT2D eigenvalue weighted by Gasteiger charge is 2.20. The van der Waals surface area contributed by atoms with Crippen molar-refractivity contribution >= 4 is 77.3 Å². The lowest BCUT2D eigenvalue weighted by atomic mass is 10.1. The maximum absolute atomic E-state index is 5.30. The summed E-state index contributed by atoms with van der Waals surface area (Å²) in [5.74, 6) is 0. The lowest BCUT2D eigenvalue weighted by molar-refractivity contribution is 1.13. The fourth-order valence-electron chi connectivity index (χ4n) is 7.39. The summed E-state index contributed by atoms with van der Waals surface area (Å²) >= 11 is -0.605. The van der Waals surface area contributed by atoms with Crippen LogP contribution in [0.1, 0.15) is 16.7 Å². The smallest absolute Gasteiger partial charge is 0.104 e. The van der Waals surface area contributed by atoms with E-state index in [1.165, 1.54) is 62.0 Å². The maximum Gasteiger partial charge on any atom is 0.104 e. The highest BCUT2D eigenvalue weighted by atomic mass is 127. The Bertz CT molecular complexity index is 2570. The predicted octanol–water partition coefficient (Wildman–Crippen LogP) is 11.9. The molecule has 0 saturated carbocycles. The molecule has 9 aromatic rings. The molecule has 0 amide bonds. The van der Waals surface area contributed by atoms with Gasteiger partial charge in [-0.15, -0.1) is 0 Å². The van der Waals surface area contributed by atoms with Gasteiger partial charge in [-0.3, -0.25) is 0 Å². The molecular weight excluding hydrogens is 721 g/mol. The van der Waals surface area contributed by atoms with E-state index in [9.17, 15) is 0 Å². The van der Waals surface area contributed by atoms with Crippen molar-refractivity contribution in [3.63, 3.8) is 0 Å². The average Bonchev–Trinajstić information content (AvgIpc) is 3.71. The molecule has 0 N–H and O–H groups in total. The van der Waals surface area contributed by atoms with Gasteiger partial charge in [-0.2, -0.15) is 0 Å². The van der Waals surface area contributed by atoms with E-state index < -0.39 is 20.7 Å². The van der Waals surface area contributed by atoms with E-state index in [-0.39, 0.29) is 0 Å². The fraction of sp³-hybridized carbons (Fsp3) is 0. The first-order valence-electron chi connectivity index (χ1n) is 16.9. The van der Waals surface area contributed by atoms with Gasteiger partial charge in [-0.05, 0) is 54.1 Å². The molecule has 4 heteroatoms. The second-order valence-corrected chi connectivity index (χ2v) is 15.3. The summed E-state index contributed by atoms with van der Waals surface area (Å²) in [6.07, 6.45) is 2.34. The molecule has 236 valence electrons. The van der Waals surface area contributed by atoms with Crippen LogP contribution in [0.15, 0.2) is 187 Å². The van der Waals surface area contributed by atoms with Crippen molar-refractivity contribution in [2.24, 2.45) is 4.99 Å². The van der Waals surface area contributed by atoms with Gasteiger partial charge in [0.25, 0.3) is 0 Å². The molecule has 0 bridgehead atoms. The number of fused-ring (bicyclic) bond motifs is 6. The van der Waals surface area contributed by atoms with E-state index in [2.05, 4.69) is 191 Å². The first-order chi connectivity index (χ1) is 24.8. The summed E-state index contributed by atoms with van der Waals surface area (Å²) in [5, 5.41) is 5.03. The van der Waals surface area contributed by atoms with Gasteiger partial charge in [-0.25, -0.2) is 4.99 Å². The quantitative estimate of drug-likeness (QED) is 0.156. The van der Waals surface area contributed by atoms with Gasteiger partial charge < -0.3 is 9.13 Å². The van der Waals surface area contributed by atoms with Crippen LogP contribution in [0.4, 0.5) is 0 Å². The Morgan fingerprint density at radius 1 is 0.380 bits per heavy atom. The third kappa shape index (κ3) is 4.78. The number of para-hydroxylation sites is 4. The maximum atomic E-state index is 5.30. The molecule has 0 fully saturated rings. The Kier molecular flexibility index (Phi) is 6.95. The van der Waals surface area contributed by atoms with Gasteiger partial charge in [0.1, 0.15) is 3.63 Å². The van der Waals surface area contributed by atoms with Crippen molar-refractivity contribution in [1.82, 2.24) is 9.13 Å². The summed E-state index contributed by atoms with van der Waals surface area (Å²) in [5.41, 5.74) is 11.7. The Morgan fingerprint density at radius 2 is 0.780 bits per heavy atom. The third-order valence-electron chi connectivity index (χ3n) is 9.61. The zero-order valence-electron chi connectivity index (χ0n) is 27.0. The minimum Gasteiger partial charge on any atom is -0.309 e. The Balaban J connectivity index is 1.29. The number of hydrogen-bond acceptors (Lipinski definition) is 1. The largest absolute Gasteiger partial charge is 0.309 e. The van der Waals surface area contributed by atoms with Crippen LogP contribution in [0.25, 0.3) is 58.6 Å². The summed E-state index contributed by atoms with van der Waals surface area (Å²) in [7, 11) is 0. The summed E-state index contributed by atoms with van der Waals surface area (Å²) in [6, 6.07) is 63.6. The van der Waals surface area contributed by atoms with Gasteiger partial charge in [0, 0.05) is 47.6 Å². The molecule has 0 saturated heterocycles. The van der Waals surface area contributed by atoms with Gasteiger partial charge in [0.15, 0.2) is 0 Å². The monoisotopic (exact) mass is 751 g/mol. The van der Waals surface area contributed by atoms with E-state index in [1.54, 1.807) is 0 Å². The molecule has 0 unspecified atom stereocenters. The Morgan fingerprint density at radius 3 is 1.24 bits per heavy atom. The highest BCUT2D eigenvalue weighted by Crippen LogP contribution is 2.40. The zero-order valence-corrected chi connectivity index (χ0v) is 29.2.